The summed E-state index contributed by atoms with van der Waals surface area (Å²) in [6.07, 6.45) is 2.44. The number of amides is 1. The molecule has 0 saturated heterocycles. The van der Waals surface area contributed by atoms with Gasteiger partial charge in [0.2, 0.25) is 0 Å². The number of rotatable bonds is 4. The van der Waals surface area contributed by atoms with Crippen LogP contribution < -0.4 is 5.32 Å². The van der Waals surface area contributed by atoms with Crippen molar-refractivity contribution in [3.8, 4) is 6.07 Å². The minimum Gasteiger partial charge on any atom is -0.467 e. The number of carbonyl (C=O) groups excluding carboxylic acids is 1. The largest absolute Gasteiger partial charge is 0.467 e. The molecule has 0 aliphatic heterocycles. The van der Waals surface area contributed by atoms with Crippen molar-refractivity contribution in [3.63, 3.8) is 0 Å². The van der Waals surface area contributed by atoms with Gasteiger partial charge in [0.1, 0.15) is 17.4 Å². The first-order valence-corrected chi connectivity index (χ1v) is 5.98. The standard InChI is InChI=1S/C15H10F2N2O2/c16-13-5-1-3-10(14(13)17)7-11(8-18)15(20)19-9-12-4-2-6-21-12/h1-7H,9H2,(H,19,20). The maximum atomic E-state index is 13.5. The van der Waals surface area contributed by atoms with Gasteiger partial charge in [0.15, 0.2) is 11.6 Å². The molecule has 1 aromatic heterocycles. The molecule has 106 valence electrons. The Morgan fingerprint density at radius 1 is 1.33 bits per heavy atom. The van der Waals surface area contributed by atoms with Crippen molar-refractivity contribution in [2.24, 2.45) is 0 Å². The summed E-state index contributed by atoms with van der Waals surface area (Å²) in [5.74, 6) is -2.34. The third-order valence-corrected chi connectivity index (χ3v) is 2.65. The summed E-state index contributed by atoms with van der Waals surface area (Å²) in [4.78, 5) is 11.8. The van der Waals surface area contributed by atoms with Crippen LogP contribution in [0, 0.1) is 23.0 Å². The van der Waals surface area contributed by atoms with Crippen LogP contribution in [0.4, 0.5) is 8.78 Å². The first-order valence-electron chi connectivity index (χ1n) is 5.98. The summed E-state index contributed by atoms with van der Waals surface area (Å²) in [5.41, 5.74) is -0.495. The zero-order chi connectivity index (χ0) is 15.2. The number of hydrogen-bond acceptors (Lipinski definition) is 3. The quantitative estimate of drug-likeness (QED) is 0.695. The van der Waals surface area contributed by atoms with Crippen LogP contribution in [0.25, 0.3) is 6.08 Å². The second-order valence-corrected chi connectivity index (χ2v) is 4.07. The zero-order valence-corrected chi connectivity index (χ0v) is 10.8. The fourth-order valence-corrected chi connectivity index (χ4v) is 1.61. The molecule has 0 unspecified atom stereocenters. The number of nitriles is 1. The van der Waals surface area contributed by atoms with Crippen LogP contribution in [-0.2, 0) is 11.3 Å². The van der Waals surface area contributed by atoms with Crippen LogP contribution in [0.15, 0.2) is 46.6 Å². The molecule has 2 aromatic rings. The molecule has 0 spiro atoms. The molecule has 21 heavy (non-hydrogen) atoms. The Labute approximate surface area is 119 Å². The number of hydrogen-bond donors (Lipinski definition) is 1. The third-order valence-electron chi connectivity index (χ3n) is 2.65. The van der Waals surface area contributed by atoms with Crippen molar-refractivity contribution >= 4 is 12.0 Å². The average Bonchev–Trinajstić information content (AvgIpc) is 2.99. The lowest BCUT2D eigenvalue weighted by Crippen LogP contribution is -2.23. The Hall–Kier alpha value is -2.94. The lowest BCUT2D eigenvalue weighted by atomic mass is 10.1. The fourth-order valence-electron chi connectivity index (χ4n) is 1.61. The smallest absolute Gasteiger partial charge is 0.262 e. The highest BCUT2D eigenvalue weighted by Crippen LogP contribution is 2.15. The summed E-state index contributed by atoms with van der Waals surface area (Å²) >= 11 is 0. The van der Waals surface area contributed by atoms with E-state index in [9.17, 15) is 13.6 Å². The Morgan fingerprint density at radius 3 is 2.81 bits per heavy atom. The number of nitrogens with zero attached hydrogens (tertiary/aromatic N) is 1. The highest BCUT2D eigenvalue weighted by atomic mass is 19.2. The van der Waals surface area contributed by atoms with Gasteiger partial charge in [0.25, 0.3) is 5.91 Å². The van der Waals surface area contributed by atoms with E-state index >= 15 is 0 Å². The van der Waals surface area contributed by atoms with Crippen LogP contribution in [0.3, 0.4) is 0 Å². The van der Waals surface area contributed by atoms with E-state index in [2.05, 4.69) is 5.32 Å². The lowest BCUT2D eigenvalue weighted by Gasteiger charge is -2.03. The molecule has 2 rings (SSSR count). The van der Waals surface area contributed by atoms with E-state index in [1.165, 1.54) is 18.4 Å². The van der Waals surface area contributed by atoms with Crippen LogP contribution in [-0.4, -0.2) is 5.91 Å². The van der Waals surface area contributed by atoms with Crippen molar-refractivity contribution in [2.45, 2.75) is 6.54 Å². The van der Waals surface area contributed by atoms with Crippen molar-refractivity contribution in [1.82, 2.24) is 5.32 Å². The highest BCUT2D eigenvalue weighted by molar-refractivity contribution is 6.01. The first kappa shape index (κ1) is 14.5. The van der Waals surface area contributed by atoms with Gasteiger partial charge < -0.3 is 9.73 Å². The number of carbonyl (C=O) groups is 1. The van der Waals surface area contributed by atoms with E-state index in [1.54, 1.807) is 18.2 Å². The number of furan rings is 1. The van der Waals surface area contributed by atoms with Gasteiger partial charge in [-0.15, -0.1) is 0 Å². The van der Waals surface area contributed by atoms with Gasteiger partial charge >= 0.3 is 0 Å². The molecule has 0 atom stereocenters. The van der Waals surface area contributed by atoms with E-state index in [-0.39, 0.29) is 17.7 Å². The number of halogens is 2. The van der Waals surface area contributed by atoms with E-state index in [0.29, 0.717) is 5.76 Å². The van der Waals surface area contributed by atoms with Gasteiger partial charge in [-0.25, -0.2) is 8.78 Å². The third kappa shape index (κ3) is 3.54. The van der Waals surface area contributed by atoms with Gasteiger partial charge in [-0.05, 0) is 24.3 Å². The summed E-state index contributed by atoms with van der Waals surface area (Å²) in [7, 11) is 0. The average molecular weight is 288 g/mol. The second-order valence-electron chi connectivity index (χ2n) is 4.07. The molecule has 0 aliphatic carbocycles. The topological polar surface area (TPSA) is 66.0 Å². The SMILES string of the molecule is N#CC(=Cc1cccc(F)c1F)C(=O)NCc1ccco1. The Morgan fingerprint density at radius 2 is 2.14 bits per heavy atom. The molecule has 1 aromatic carbocycles. The van der Waals surface area contributed by atoms with Crippen LogP contribution in [0.5, 0.6) is 0 Å². The van der Waals surface area contributed by atoms with Gasteiger partial charge in [0, 0.05) is 5.56 Å². The van der Waals surface area contributed by atoms with E-state index in [0.717, 1.165) is 12.1 Å². The summed E-state index contributed by atoms with van der Waals surface area (Å²) in [5, 5.41) is 11.4. The summed E-state index contributed by atoms with van der Waals surface area (Å²) < 4.78 is 31.6. The normalized spacial score (nSPS) is 11.0. The lowest BCUT2D eigenvalue weighted by molar-refractivity contribution is -0.117. The summed E-state index contributed by atoms with van der Waals surface area (Å²) in [6, 6.07) is 8.49. The Kier molecular flexibility index (Phi) is 4.46. The van der Waals surface area contributed by atoms with Crippen molar-refractivity contribution in [2.75, 3.05) is 0 Å². The molecule has 1 heterocycles. The van der Waals surface area contributed by atoms with Crippen LogP contribution >= 0.6 is 0 Å². The summed E-state index contributed by atoms with van der Waals surface area (Å²) in [6.45, 7) is 0.0937. The molecule has 0 bridgehead atoms. The second kappa shape index (κ2) is 6.48. The Balaban J connectivity index is 2.15. The molecular formula is C15H10F2N2O2. The van der Waals surface area contributed by atoms with Crippen molar-refractivity contribution in [1.29, 1.82) is 5.26 Å². The van der Waals surface area contributed by atoms with Gasteiger partial charge in [-0.2, -0.15) is 5.26 Å². The number of nitrogens with one attached hydrogen (secondary N) is 1. The monoisotopic (exact) mass is 288 g/mol. The molecule has 1 amide bonds. The molecule has 0 radical (unpaired) electrons. The van der Waals surface area contributed by atoms with Crippen LogP contribution in [0.2, 0.25) is 0 Å². The first-order chi connectivity index (χ1) is 10.1. The minimum absolute atomic E-state index is 0.0937. The van der Waals surface area contributed by atoms with Crippen molar-refractivity contribution < 1.29 is 18.0 Å². The Bertz CT molecular complexity index is 716. The minimum atomic E-state index is -1.11. The maximum Gasteiger partial charge on any atom is 0.262 e. The van der Waals surface area contributed by atoms with Crippen molar-refractivity contribution in [3.05, 3.63) is 65.1 Å². The molecular weight excluding hydrogens is 278 g/mol. The van der Waals surface area contributed by atoms with Gasteiger partial charge in [-0.3, -0.25) is 4.79 Å². The predicted molar refractivity (Wildman–Crippen MR) is 70.5 cm³/mol. The maximum absolute atomic E-state index is 13.5. The molecule has 1 N–H and O–H groups in total. The highest BCUT2D eigenvalue weighted by Gasteiger charge is 2.12. The predicted octanol–water partition coefficient (Wildman–Crippen LogP) is 2.78. The molecule has 0 aliphatic rings. The molecule has 4 nitrogen and oxygen atoms in total. The molecule has 0 fully saturated rings. The number of benzene rings is 1. The van der Waals surface area contributed by atoms with E-state index in [1.807, 2.05) is 0 Å². The molecule has 6 heteroatoms. The van der Waals surface area contributed by atoms with Gasteiger partial charge in [-0.1, -0.05) is 12.1 Å². The van der Waals surface area contributed by atoms with Crippen LogP contribution in [0.1, 0.15) is 11.3 Å². The molecule has 0 saturated carbocycles. The zero-order valence-electron chi connectivity index (χ0n) is 10.8. The fraction of sp³-hybridized carbons (Fsp3) is 0.0667. The van der Waals surface area contributed by atoms with E-state index in [4.69, 9.17) is 9.68 Å². The van der Waals surface area contributed by atoms with Gasteiger partial charge in [0.05, 0.1) is 12.8 Å². The van der Waals surface area contributed by atoms with E-state index < -0.39 is 17.5 Å².